The predicted molar refractivity (Wildman–Crippen MR) is 64.8 cm³/mol. The average molecular weight is 261 g/mol. The summed E-state index contributed by atoms with van der Waals surface area (Å²) in [5.74, 6) is 0.958. The van der Waals surface area contributed by atoms with Crippen LogP contribution in [0.15, 0.2) is 36.4 Å². The smallest absolute Gasteiger partial charge is 0.496 e. The lowest BCUT2D eigenvalue weighted by molar-refractivity contribution is 0.420. The van der Waals surface area contributed by atoms with Gasteiger partial charge in [-0.1, -0.05) is 30.3 Å². The summed E-state index contributed by atoms with van der Waals surface area (Å²) >= 11 is 3.33. The van der Waals surface area contributed by atoms with Crippen LogP contribution in [-0.2, 0) is 0 Å². The molecule has 0 saturated carbocycles. The largest absolute Gasteiger partial charge is 0.507 e. The Hall–Kier alpha value is -0.254. The van der Waals surface area contributed by atoms with E-state index in [4.69, 9.17) is 4.74 Å². The van der Waals surface area contributed by atoms with Gasteiger partial charge < -0.3 is 4.74 Å². The van der Waals surface area contributed by atoms with Gasteiger partial charge in [-0.15, -0.1) is 3.69 Å². The molecule has 0 aliphatic rings. The highest BCUT2D eigenvalue weighted by Gasteiger charge is 2.05. The predicted octanol–water partition coefficient (Wildman–Crippen LogP) is 2.49. The Bertz CT molecular complexity index is 413. The molecule has 0 saturated heterocycles. The summed E-state index contributed by atoms with van der Waals surface area (Å²) in [6.45, 7) is 0. The Balaban J connectivity index is 2.78. The van der Waals surface area contributed by atoms with E-state index < -0.39 is 0 Å². The molecule has 0 fully saturated rings. The zero-order valence-corrected chi connectivity index (χ0v) is 11.0. The van der Waals surface area contributed by atoms with Crippen LogP contribution in [0.1, 0.15) is 0 Å². The summed E-state index contributed by atoms with van der Waals surface area (Å²) in [6, 6.07) is 12.6. The second kappa shape index (κ2) is 4.51. The highest BCUT2D eigenvalue weighted by atomic mass is 79.9. The SMILES string of the molecule is COc1cc[c]([Mg][Br])c2ccccc12. The minimum atomic E-state index is -0.297. The van der Waals surface area contributed by atoms with Crippen molar-refractivity contribution < 1.29 is 4.74 Å². The molecule has 14 heavy (non-hydrogen) atoms. The Morgan fingerprint density at radius 3 is 2.43 bits per heavy atom. The number of benzene rings is 2. The van der Waals surface area contributed by atoms with E-state index >= 15 is 0 Å². The van der Waals surface area contributed by atoms with Crippen molar-refractivity contribution in [3.05, 3.63) is 36.4 Å². The van der Waals surface area contributed by atoms with Gasteiger partial charge in [-0.3, -0.25) is 12.9 Å². The molecule has 1 nitrogen and oxygen atoms in total. The second-order valence-corrected chi connectivity index (χ2v) is 5.82. The van der Waals surface area contributed by atoms with E-state index in [9.17, 15) is 0 Å². The van der Waals surface area contributed by atoms with E-state index in [1.807, 2.05) is 12.1 Å². The molecule has 0 aliphatic carbocycles. The summed E-state index contributed by atoms with van der Waals surface area (Å²) in [4.78, 5) is 0. The fourth-order valence-electron chi connectivity index (χ4n) is 1.63. The number of hydrogen-bond acceptors (Lipinski definition) is 1. The monoisotopic (exact) mass is 260 g/mol. The highest BCUT2D eigenvalue weighted by Crippen LogP contribution is 2.23. The van der Waals surface area contributed by atoms with Crippen LogP contribution >= 0.6 is 12.9 Å². The molecule has 0 atom stereocenters. The minimum absolute atomic E-state index is 0.297. The molecule has 0 aliphatic heterocycles. The van der Waals surface area contributed by atoms with Gasteiger partial charge in [-0.05, 0) is 11.5 Å². The van der Waals surface area contributed by atoms with Crippen LogP contribution in [-0.4, -0.2) is 25.3 Å². The molecule has 2 rings (SSSR count). The van der Waals surface area contributed by atoms with Crippen molar-refractivity contribution in [2.24, 2.45) is 0 Å². The first-order chi connectivity index (χ1) is 6.86. The lowest BCUT2D eigenvalue weighted by Gasteiger charge is -2.08. The van der Waals surface area contributed by atoms with Gasteiger partial charge in [-0.25, -0.2) is 0 Å². The average Bonchev–Trinajstić information content (AvgIpc) is 2.27. The van der Waals surface area contributed by atoms with Crippen LogP contribution in [0.3, 0.4) is 0 Å². The maximum Gasteiger partial charge on any atom is 0.507 e. The van der Waals surface area contributed by atoms with Gasteiger partial charge >= 0.3 is 18.2 Å². The molecule has 3 heteroatoms. The van der Waals surface area contributed by atoms with Gasteiger partial charge in [0.15, 0.2) is 0 Å². The van der Waals surface area contributed by atoms with Crippen LogP contribution in [0.25, 0.3) is 10.8 Å². The molecule has 0 amide bonds. The van der Waals surface area contributed by atoms with Gasteiger partial charge in [0, 0.05) is 5.39 Å². The third-order valence-corrected chi connectivity index (χ3v) is 5.06. The molecular weight excluding hydrogens is 252 g/mol. The van der Waals surface area contributed by atoms with E-state index in [1.165, 1.54) is 14.5 Å². The Kier molecular flexibility index (Phi) is 3.31. The van der Waals surface area contributed by atoms with Gasteiger partial charge in [-0.2, -0.15) is 0 Å². The van der Waals surface area contributed by atoms with Gasteiger partial charge in [0.25, 0.3) is 0 Å². The molecule has 0 N–H and O–H groups in total. The Morgan fingerprint density at radius 1 is 1.07 bits per heavy atom. The standard InChI is InChI=1S/C11H9O.BrH.Mg/c1-12-11-8-4-6-9-5-2-3-7-10(9)11;;/h2-5,7-8H,1H3;1H;/q;;+1/p-1. The topological polar surface area (TPSA) is 9.23 Å². The van der Waals surface area contributed by atoms with Crippen LogP contribution in [0, 0.1) is 0 Å². The summed E-state index contributed by atoms with van der Waals surface area (Å²) in [5, 5.41) is 2.52. The number of rotatable bonds is 2. The van der Waals surface area contributed by atoms with Crippen molar-refractivity contribution >= 4 is 45.5 Å². The van der Waals surface area contributed by atoms with E-state index in [1.54, 1.807) is 7.11 Å². The van der Waals surface area contributed by atoms with Crippen molar-refractivity contribution in [2.45, 2.75) is 0 Å². The van der Waals surface area contributed by atoms with E-state index in [0.717, 1.165) is 5.75 Å². The number of fused-ring (bicyclic) bond motifs is 1. The first kappa shape index (κ1) is 10.3. The number of methoxy groups -OCH3 is 1. The molecule has 0 spiro atoms. The molecule has 0 aromatic heterocycles. The Labute approximate surface area is 99.0 Å². The molecule has 2 aromatic rings. The summed E-state index contributed by atoms with van der Waals surface area (Å²) in [7, 11) is 1.72. The first-order valence-electron chi connectivity index (χ1n) is 4.47. The van der Waals surface area contributed by atoms with Crippen molar-refractivity contribution in [1.82, 2.24) is 0 Å². The number of hydrogen-bond donors (Lipinski definition) is 0. The quantitative estimate of drug-likeness (QED) is 0.755. The van der Waals surface area contributed by atoms with Crippen LogP contribution in [0.5, 0.6) is 5.75 Å². The Morgan fingerprint density at radius 2 is 1.79 bits per heavy atom. The highest BCUT2D eigenvalue weighted by molar-refractivity contribution is 9.23. The second-order valence-electron chi connectivity index (χ2n) is 3.11. The molecule has 0 radical (unpaired) electrons. The van der Waals surface area contributed by atoms with Crippen LogP contribution in [0.4, 0.5) is 0 Å². The summed E-state index contributed by atoms with van der Waals surface area (Å²) in [5.41, 5.74) is 0. The van der Waals surface area contributed by atoms with E-state index in [0.29, 0.717) is 0 Å². The molecule has 68 valence electrons. The fraction of sp³-hybridized carbons (Fsp3) is 0.0909. The molecular formula is C11H9BrMgO. The first-order valence-corrected chi connectivity index (χ1v) is 9.08. The van der Waals surface area contributed by atoms with Gasteiger partial charge in [0.1, 0.15) is 5.75 Å². The van der Waals surface area contributed by atoms with Gasteiger partial charge in [0.05, 0.1) is 7.11 Å². The molecule has 2 aromatic carbocycles. The molecule has 0 unspecified atom stereocenters. The zero-order chi connectivity index (χ0) is 9.97. The molecule has 0 heterocycles. The van der Waals surface area contributed by atoms with Crippen molar-refractivity contribution in [1.29, 1.82) is 0 Å². The zero-order valence-electron chi connectivity index (χ0n) is 7.96. The third-order valence-electron chi connectivity index (χ3n) is 2.34. The van der Waals surface area contributed by atoms with E-state index in [2.05, 4.69) is 37.1 Å². The van der Waals surface area contributed by atoms with Crippen LogP contribution < -0.4 is 8.43 Å². The van der Waals surface area contributed by atoms with E-state index in [-0.39, 0.29) is 18.2 Å². The van der Waals surface area contributed by atoms with Gasteiger partial charge in [0.2, 0.25) is 0 Å². The lowest BCUT2D eigenvalue weighted by Crippen LogP contribution is -2.09. The summed E-state index contributed by atoms with van der Waals surface area (Å²) in [6.07, 6.45) is 0. The maximum absolute atomic E-state index is 5.33. The fourth-order valence-corrected chi connectivity index (χ4v) is 3.75. The number of ether oxygens (including phenoxy) is 1. The minimum Gasteiger partial charge on any atom is -0.496 e. The maximum atomic E-state index is 5.33. The van der Waals surface area contributed by atoms with Crippen LogP contribution in [0.2, 0.25) is 0 Å². The van der Waals surface area contributed by atoms with Crippen molar-refractivity contribution in [3.63, 3.8) is 0 Å². The van der Waals surface area contributed by atoms with Crippen molar-refractivity contribution in [3.8, 4) is 5.75 Å². The molecule has 0 bridgehead atoms. The van der Waals surface area contributed by atoms with Crippen molar-refractivity contribution in [2.75, 3.05) is 7.11 Å². The lowest BCUT2D eigenvalue weighted by atomic mass is 10.1. The normalized spacial score (nSPS) is 9.86. The number of halogens is 1. The third kappa shape index (κ3) is 1.76. The summed E-state index contributed by atoms with van der Waals surface area (Å²) < 4.78 is 6.76.